The first-order valence-electron chi connectivity index (χ1n) is 7.90. The van der Waals surface area contributed by atoms with Gasteiger partial charge in [-0.3, -0.25) is 9.59 Å². The second-order valence-corrected chi connectivity index (χ2v) is 5.39. The number of ether oxygens (including phenoxy) is 1. The van der Waals surface area contributed by atoms with Gasteiger partial charge in [-0.05, 0) is 23.3 Å². The van der Waals surface area contributed by atoms with Crippen molar-refractivity contribution in [2.24, 2.45) is 5.10 Å². The van der Waals surface area contributed by atoms with Gasteiger partial charge < -0.3 is 15.2 Å². The van der Waals surface area contributed by atoms with Crippen LogP contribution in [-0.4, -0.2) is 43.4 Å². The zero-order chi connectivity index (χ0) is 18.1. The van der Waals surface area contributed by atoms with Gasteiger partial charge in [-0.1, -0.05) is 30.3 Å². The summed E-state index contributed by atoms with van der Waals surface area (Å²) in [6, 6.07) is 10.9. The lowest BCUT2D eigenvalue weighted by Crippen LogP contribution is -2.30. The second kappa shape index (κ2) is 9.39. The lowest BCUT2D eigenvalue weighted by molar-refractivity contribution is -0.129. The number of hydrogen-bond donors (Lipinski definition) is 3. The fourth-order valence-electron chi connectivity index (χ4n) is 2.28. The summed E-state index contributed by atoms with van der Waals surface area (Å²) >= 11 is 0. The average Bonchev–Trinajstić information content (AvgIpc) is 2.60. The molecule has 2 aromatic carbocycles. The molecule has 0 saturated carbocycles. The molecule has 0 unspecified atom stereocenters. The largest absolute Gasteiger partial charge is 0.507 e. The summed E-state index contributed by atoms with van der Waals surface area (Å²) in [5, 5.41) is 18.2. The van der Waals surface area contributed by atoms with Crippen LogP contribution in [0.15, 0.2) is 41.5 Å². The van der Waals surface area contributed by atoms with Gasteiger partial charge in [0.15, 0.2) is 0 Å². The summed E-state index contributed by atoms with van der Waals surface area (Å²) in [6.45, 7) is 0.998. The van der Waals surface area contributed by atoms with Crippen molar-refractivity contribution >= 4 is 28.8 Å². The maximum Gasteiger partial charge on any atom is 0.249 e. The van der Waals surface area contributed by atoms with Crippen LogP contribution in [0.4, 0.5) is 0 Å². The summed E-state index contributed by atoms with van der Waals surface area (Å²) < 4.78 is 4.87. The van der Waals surface area contributed by atoms with E-state index >= 15 is 0 Å². The maximum atomic E-state index is 11.7. The van der Waals surface area contributed by atoms with Crippen molar-refractivity contribution in [2.45, 2.75) is 12.8 Å². The molecule has 0 fully saturated rings. The molecule has 132 valence electrons. The number of carbonyl (C=O) groups is 2. The monoisotopic (exact) mass is 343 g/mol. The van der Waals surface area contributed by atoms with Crippen LogP contribution >= 0.6 is 0 Å². The Labute approximate surface area is 145 Å². The van der Waals surface area contributed by atoms with Crippen molar-refractivity contribution in [3.63, 3.8) is 0 Å². The molecular formula is C18H21N3O4. The highest BCUT2D eigenvalue weighted by atomic mass is 16.5. The van der Waals surface area contributed by atoms with Crippen LogP contribution in [0.5, 0.6) is 5.75 Å². The number of benzene rings is 2. The Morgan fingerprint density at radius 1 is 1.20 bits per heavy atom. The summed E-state index contributed by atoms with van der Waals surface area (Å²) in [5.41, 5.74) is 2.79. The first-order chi connectivity index (χ1) is 12.1. The van der Waals surface area contributed by atoms with Gasteiger partial charge in [-0.15, -0.1) is 0 Å². The minimum atomic E-state index is -0.528. The van der Waals surface area contributed by atoms with E-state index in [1.165, 1.54) is 6.21 Å². The van der Waals surface area contributed by atoms with Crippen LogP contribution in [0.3, 0.4) is 0 Å². The van der Waals surface area contributed by atoms with Gasteiger partial charge >= 0.3 is 0 Å². The molecule has 0 spiro atoms. The zero-order valence-corrected chi connectivity index (χ0v) is 14.0. The van der Waals surface area contributed by atoms with Crippen molar-refractivity contribution in [1.82, 2.24) is 10.7 Å². The third-order valence-corrected chi connectivity index (χ3v) is 3.50. The minimum Gasteiger partial charge on any atom is -0.507 e. The molecule has 7 nitrogen and oxygen atoms in total. The fraction of sp³-hybridized carbons (Fsp3) is 0.278. The molecule has 0 aliphatic rings. The molecule has 0 heterocycles. The van der Waals surface area contributed by atoms with Gasteiger partial charge in [0, 0.05) is 25.8 Å². The Bertz CT molecular complexity index is 774. The molecule has 3 N–H and O–H groups in total. The molecule has 0 atom stereocenters. The quantitative estimate of drug-likeness (QED) is 0.293. The molecule has 2 aromatic rings. The number of phenolic OH excluding ortho intramolecular Hbond substituents is 1. The Balaban J connectivity index is 1.90. The number of methoxy groups -OCH3 is 1. The highest BCUT2D eigenvalue weighted by molar-refractivity contribution is 6.03. The highest BCUT2D eigenvalue weighted by Gasteiger charge is 2.08. The number of aromatic hydroxyl groups is 1. The van der Waals surface area contributed by atoms with Crippen LogP contribution in [0.25, 0.3) is 10.8 Å². The number of carbonyl (C=O) groups excluding carboxylic acids is 2. The number of phenols is 1. The topological polar surface area (TPSA) is 100 Å². The van der Waals surface area contributed by atoms with E-state index in [2.05, 4.69) is 15.8 Å². The number of amides is 2. The molecule has 2 amide bonds. The van der Waals surface area contributed by atoms with E-state index in [0.29, 0.717) is 25.1 Å². The smallest absolute Gasteiger partial charge is 0.249 e. The van der Waals surface area contributed by atoms with Gasteiger partial charge in [0.25, 0.3) is 0 Å². The Morgan fingerprint density at radius 2 is 2.00 bits per heavy atom. The summed E-state index contributed by atoms with van der Waals surface area (Å²) in [4.78, 5) is 23.3. The van der Waals surface area contributed by atoms with E-state index < -0.39 is 5.91 Å². The zero-order valence-electron chi connectivity index (χ0n) is 14.0. The molecule has 0 aliphatic carbocycles. The fourth-order valence-corrected chi connectivity index (χ4v) is 2.28. The molecule has 0 radical (unpaired) electrons. The summed E-state index contributed by atoms with van der Waals surface area (Å²) in [6.07, 6.45) is 1.74. The van der Waals surface area contributed by atoms with E-state index in [9.17, 15) is 14.7 Å². The van der Waals surface area contributed by atoms with Gasteiger partial charge in [0.05, 0.1) is 6.21 Å². The number of rotatable bonds is 8. The highest BCUT2D eigenvalue weighted by Crippen LogP contribution is 2.25. The number of nitrogens with zero attached hydrogens (tertiary/aromatic N) is 1. The molecule has 0 saturated heterocycles. The standard InChI is InChI=1S/C18H21N3O4/c1-25-10-4-9-19-17(23)11-18(24)21-20-12-15-14-6-3-2-5-13(14)7-8-16(15)22/h2-3,5-8,12,22H,4,9-11H2,1H3,(H,19,23)(H,21,24)/b20-12-. The molecule has 7 heteroatoms. The van der Waals surface area contributed by atoms with Gasteiger partial charge in [0.1, 0.15) is 12.2 Å². The molecule has 0 aromatic heterocycles. The predicted molar refractivity (Wildman–Crippen MR) is 95.5 cm³/mol. The van der Waals surface area contributed by atoms with Crippen LogP contribution in [-0.2, 0) is 14.3 Å². The lowest BCUT2D eigenvalue weighted by Gasteiger charge is -2.05. The van der Waals surface area contributed by atoms with Gasteiger partial charge in [-0.2, -0.15) is 5.10 Å². The van der Waals surface area contributed by atoms with Crippen molar-refractivity contribution in [2.75, 3.05) is 20.3 Å². The Kier molecular flexibility index (Phi) is 6.91. The first kappa shape index (κ1) is 18.4. The number of hydrazone groups is 1. The molecule has 0 aliphatic heterocycles. The number of nitrogens with one attached hydrogen (secondary N) is 2. The van der Waals surface area contributed by atoms with E-state index in [1.807, 2.05) is 24.3 Å². The SMILES string of the molecule is COCCCNC(=O)CC(=O)N/N=C\c1c(O)ccc2ccccc12. The molecule has 0 bridgehead atoms. The number of fused-ring (bicyclic) bond motifs is 1. The van der Waals surface area contributed by atoms with E-state index in [4.69, 9.17) is 4.74 Å². The molecular weight excluding hydrogens is 322 g/mol. The van der Waals surface area contributed by atoms with E-state index in [-0.39, 0.29) is 18.1 Å². The van der Waals surface area contributed by atoms with Crippen LogP contribution < -0.4 is 10.7 Å². The number of hydrogen-bond acceptors (Lipinski definition) is 5. The second-order valence-electron chi connectivity index (χ2n) is 5.39. The van der Waals surface area contributed by atoms with Crippen molar-refractivity contribution < 1.29 is 19.4 Å². The van der Waals surface area contributed by atoms with Gasteiger partial charge in [0.2, 0.25) is 11.8 Å². The Morgan fingerprint density at radius 3 is 2.80 bits per heavy atom. The summed E-state index contributed by atoms with van der Waals surface area (Å²) in [5.74, 6) is -0.843. The predicted octanol–water partition coefficient (Wildman–Crippen LogP) is 1.54. The van der Waals surface area contributed by atoms with E-state index in [0.717, 1.165) is 10.8 Å². The minimum absolute atomic E-state index is 0.0626. The van der Waals surface area contributed by atoms with E-state index in [1.54, 1.807) is 19.2 Å². The first-order valence-corrected chi connectivity index (χ1v) is 7.90. The average molecular weight is 343 g/mol. The Hall–Kier alpha value is -2.93. The van der Waals surface area contributed by atoms with Crippen molar-refractivity contribution in [3.05, 3.63) is 42.0 Å². The molecule has 2 rings (SSSR count). The molecule has 25 heavy (non-hydrogen) atoms. The van der Waals surface area contributed by atoms with Crippen molar-refractivity contribution in [3.8, 4) is 5.75 Å². The van der Waals surface area contributed by atoms with Gasteiger partial charge in [-0.25, -0.2) is 5.43 Å². The van der Waals surface area contributed by atoms with Crippen LogP contribution in [0.1, 0.15) is 18.4 Å². The van der Waals surface area contributed by atoms with Crippen molar-refractivity contribution in [1.29, 1.82) is 0 Å². The third kappa shape index (κ3) is 5.58. The van der Waals surface area contributed by atoms with Crippen LogP contribution in [0.2, 0.25) is 0 Å². The normalized spacial score (nSPS) is 10.9. The van der Waals surface area contributed by atoms with Crippen LogP contribution in [0, 0.1) is 0 Å². The lowest BCUT2D eigenvalue weighted by atomic mass is 10.0. The third-order valence-electron chi connectivity index (χ3n) is 3.50. The maximum absolute atomic E-state index is 11.7. The summed E-state index contributed by atoms with van der Waals surface area (Å²) in [7, 11) is 1.58.